The van der Waals surface area contributed by atoms with Crippen LogP contribution in [-0.2, 0) is 45.4 Å². The van der Waals surface area contributed by atoms with E-state index in [-0.39, 0.29) is 89.0 Å². The molecule has 22 nitrogen and oxygen atoms in total. The molecular formula is C100H150N12O10. The summed E-state index contributed by atoms with van der Waals surface area (Å²) in [5.41, 5.74) is 0.672. The third kappa shape index (κ3) is 17.1. The molecule has 16 fully saturated rings. The minimum Gasteiger partial charge on any atom is -0.390 e. The Morgan fingerprint density at radius 3 is 0.934 bits per heavy atom. The second-order valence-corrected chi connectivity index (χ2v) is 46.0. The monoisotopic (exact) mass is 1680 g/mol. The van der Waals surface area contributed by atoms with Crippen LogP contribution in [-0.4, -0.2) is 132 Å². The first kappa shape index (κ1) is 89.4. The van der Waals surface area contributed by atoms with E-state index in [0.29, 0.717) is 83.0 Å². The van der Waals surface area contributed by atoms with Crippen LogP contribution in [0.25, 0.3) is 0 Å². The van der Waals surface area contributed by atoms with E-state index in [1.165, 1.54) is 155 Å². The van der Waals surface area contributed by atoms with E-state index in [4.69, 9.17) is 5.26 Å². The zero-order valence-electron chi connectivity index (χ0n) is 75.1. The molecule has 0 aromatic carbocycles. The van der Waals surface area contributed by atoms with Gasteiger partial charge in [0.1, 0.15) is 37.1 Å². The van der Waals surface area contributed by atoms with E-state index in [1.807, 2.05) is 34.6 Å². The summed E-state index contributed by atoms with van der Waals surface area (Å²) in [6.07, 6.45) is 49.3. The van der Waals surface area contributed by atoms with Gasteiger partial charge in [-0.15, -0.1) is 10.2 Å². The largest absolute Gasteiger partial charge is 0.390 e. The molecule has 670 valence electrons. The van der Waals surface area contributed by atoms with Crippen molar-refractivity contribution in [3.8, 4) is 6.07 Å². The predicted molar refractivity (Wildman–Crippen MR) is 463 cm³/mol. The van der Waals surface area contributed by atoms with Crippen molar-refractivity contribution >= 4 is 34.7 Å². The summed E-state index contributed by atoms with van der Waals surface area (Å²) in [5.74, 6) is 16.3. The Morgan fingerprint density at radius 1 is 0.369 bits per heavy atom. The van der Waals surface area contributed by atoms with Gasteiger partial charge in [0, 0.05) is 43.7 Å². The first-order valence-corrected chi connectivity index (χ1v) is 48.5. The van der Waals surface area contributed by atoms with Gasteiger partial charge in [-0.1, -0.05) is 45.5 Å². The Bertz CT molecular complexity index is 4380. The lowest BCUT2D eigenvalue weighted by Gasteiger charge is -2.56. The number of Topliss-reactive ketones (excluding diaryl/α,β-unsaturated/α-hetero) is 6. The van der Waals surface area contributed by atoms with Crippen molar-refractivity contribution in [2.45, 2.75) is 363 Å². The van der Waals surface area contributed by atoms with Gasteiger partial charge in [0.2, 0.25) is 0 Å². The number of carbonyl (C=O) groups excluding carboxylic acids is 6. The summed E-state index contributed by atoms with van der Waals surface area (Å²) >= 11 is 0. The third-order valence-electron chi connectivity index (χ3n) is 39.0. The van der Waals surface area contributed by atoms with E-state index in [2.05, 4.69) is 69.7 Å². The summed E-state index contributed by atoms with van der Waals surface area (Å²) < 4.78 is 4.73. The lowest BCUT2D eigenvalue weighted by Crippen LogP contribution is -2.51. The lowest BCUT2D eigenvalue weighted by atomic mass is 9.49. The topological polar surface area (TPSA) is 317 Å². The van der Waals surface area contributed by atoms with Crippen LogP contribution in [0.4, 0.5) is 0 Å². The van der Waals surface area contributed by atoms with Crippen LogP contribution in [0.3, 0.4) is 0 Å². The molecule has 20 rings (SSSR count). The summed E-state index contributed by atoms with van der Waals surface area (Å²) in [6, 6.07) is 2.09. The van der Waals surface area contributed by atoms with Gasteiger partial charge in [-0.3, -0.25) is 33.4 Å². The second-order valence-electron chi connectivity index (χ2n) is 46.0. The first-order valence-electron chi connectivity index (χ1n) is 48.5. The van der Waals surface area contributed by atoms with Crippen LogP contribution >= 0.6 is 0 Å². The van der Waals surface area contributed by atoms with Crippen molar-refractivity contribution in [3.05, 3.63) is 53.6 Å². The fourth-order valence-corrected chi connectivity index (χ4v) is 33.5. The number of ketones is 6. The highest BCUT2D eigenvalue weighted by Crippen LogP contribution is 2.70. The van der Waals surface area contributed by atoms with Crippen LogP contribution in [0.5, 0.6) is 0 Å². The molecule has 0 radical (unpaired) electrons. The molecule has 0 saturated heterocycles. The molecular weight excluding hydrogens is 1530 g/mol. The minimum absolute atomic E-state index is 0. The smallest absolute Gasteiger partial charge is 0.181 e. The average Bonchev–Trinajstić information content (AvgIpc) is 1.54. The Hall–Kier alpha value is -6.02. The molecule has 0 unspecified atom stereocenters. The lowest BCUT2D eigenvalue weighted by molar-refractivity contribution is -0.133. The molecule has 122 heavy (non-hydrogen) atoms. The highest BCUT2D eigenvalue weighted by molar-refractivity contribution is 5.92. The van der Waals surface area contributed by atoms with Crippen LogP contribution in [0.2, 0.25) is 0 Å². The predicted octanol–water partition coefficient (Wildman–Crippen LogP) is 17.3. The van der Waals surface area contributed by atoms with Gasteiger partial charge in [-0.2, -0.15) is 25.4 Å². The minimum atomic E-state index is -0.467. The first-order chi connectivity index (χ1) is 57.4. The maximum atomic E-state index is 13.3. The molecule has 0 amide bonds. The molecule has 0 aliphatic heterocycles. The third-order valence-corrected chi connectivity index (χ3v) is 39.0. The van der Waals surface area contributed by atoms with Crippen LogP contribution < -0.4 is 0 Å². The molecule has 16 aliphatic carbocycles. The van der Waals surface area contributed by atoms with Gasteiger partial charge in [-0.05, 0) is 406 Å². The van der Waals surface area contributed by atoms with Gasteiger partial charge in [0.05, 0.1) is 65.0 Å². The summed E-state index contributed by atoms with van der Waals surface area (Å²) in [5, 5.41) is 79.9. The maximum Gasteiger partial charge on any atom is 0.181 e. The fourth-order valence-electron chi connectivity index (χ4n) is 33.5. The fraction of sp³-hybridized carbons (Fsp3) is 0.840. The normalized spacial score (nSPS) is 44.7. The van der Waals surface area contributed by atoms with E-state index in [9.17, 15) is 49.2 Å². The van der Waals surface area contributed by atoms with E-state index in [0.717, 1.165) is 179 Å². The Morgan fingerprint density at radius 2 is 0.664 bits per heavy atom. The number of hydrogen-bond acceptors (Lipinski definition) is 18. The highest BCUT2D eigenvalue weighted by Gasteiger charge is 2.64. The van der Waals surface area contributed by atoms with Crippen molar-refractivity contribution in [2.24, 2.45) is 164 Å². The highest BCUT2D eigenvalue weighted by atomic mass is 16.3. The Labute approximate surface area is 726 Å². The molecule has 16 saturated carbocycles. The number of aromatic nitrogens is 11. The molecule has 4 heterocycles. The van der Waals surface area contributed by atoms with E-state index >= 15 is 0 Å². The summed E-state index contributed by atoms with van der Waals surface area (Å²) in [4.78, 5) is 77.7. The SMILES string of the molecule is C.CC(=O)c1cn(CC(=O)[C@H]2CC[C@H]3[C@@H]4CC[C@@H]5C[C@](C)(O)CC[C@@H]5[C@H]4CC[C@]23C)nn1.CC(=O)c1cn(CC(=O)[C@H]2CC[C@H]3[C@@H]4CC[C@@H]5C[C@](C)(O)CC[C@@H]5[C@H]4CC[C@]23C)nn1.C[C@@]1(O)CC[C@H]2[C@H](CC[C@@H]3[C@@H]2CC[C@]2(C)[C@@H](C(=O)Cn4cc(C#N)cn4)CC[C@@H]32)C1.Cc1cnn(CC(=O)[C@H]2CC[C@H]3[C@@H]4CC[C@@H]5C[C@](C)(O)CC[C@@H]5[C@H]4CC[C@]23C)n1. The van der Waals surface area contributed by atoms with Gasteiger partial charge in [-0.25, -0.2) is 9.36 Å². The maximum absolute atomic E-state index is 13.3. The van der Waals surface area contributed by atoms with Gasteiger partial charge in [0.25, 0.3) is 0 Å². The zero-order chi connectivity index (χ0) is 85.4. The number of fused-ring (bicyclic) bond motifs is 20. The van der Waals surface area contributed by atoms with Gasteiger partial charge >= 0.3 is 0 Å². The molecule has 4 N–H and O–H groups in total. The Balaban J connectivity index is 0.000000120. The number of nitriles is 1. The molecule has 0 bridgehead atoms. The standard InChI is InChI=1S/2C25H37N3O3.C25H35N3O2.C24H37N3O2.CH4/c2*1-15(29)22-13-28(27-26-22)14-23(30)21-7-6-20-19-5-4-16-12-24(2,31)10-8-17(16)18(19)9-11-25(20,21)3;1-24(30)9-7-18-17(11-24)3-4-20-19(18)8-10-25(2)21(20)5-6-22(25)23(29)15-28-14-16(12-26)13-27-28;1-15-13-25-27(26-15)14-22(28)21-7-6-20-19-5-4-16-12-23(2,29)10-8-17(16)18(19)9-11-24(20,21)3;/h2*13,16-21,31H,4-12,14H2,1-3H3;13-14,17-22,30H,3-11,15H2,1-2H3;13,16-21,29H,4-12,14H2,1-3H3;1H4/t2*16-,17+,18-,19-,20+,21-,24-,25+;17-,18+,19-,20-,21+,22-,24-,25+;16-,17+,18-,19-,20+,21-,23-,24+;/m1111./s1. The van der Waals surface area contributed by atoms with Gasteiger partial charge in [0.15, 0.2) is 34.7 Å². The summed E-state index contributed by atoms with van der Waals surface area (Å²) in [6.45, 7) is 23.6. The molecule has 4 aromatic rings. The number of carbonyl (C=O) groups is 6. The number of nitrogens with zero attached hydrogens (tertiary/aromatic N) is 12. The van der Waals surface area contributed by atoms with Gasteiger partial charge < -0.3 is 20.4 Å². The molecule has 0 spiro atoms. The zero-order valence-corrected chi connectivity index (χ0v) is 75.1. The van der Waals surface area contributed by atoms with Crippen LogP contribution in [0, 0.1) is 182 Å². The second kappa shape index (κ2) is 34.2. The Kier molecular flexibility index (Phi) is 25.1. The van der Waals surface area contributed by atoms with Crippen LogP contribution in [0.1, 0.15) is 340 Å². The molecule has 16 aliphatic rings. The van der Waals surface area contributed by atoms with Crippen molar-refractivity contribution in [2.75, 3.05) is 0 Å². The molecule has 4 aromatic heterocycles. The van der Waals surface area contributed by atoms with Crippen molar-refractivity contribution in [3.63, 3.8) is 0 Å². The molecule has 32 atom stereocenters. The van der Waals surface area contributed by atoms with Crippen molar-refractivity contribution in [1.82, 2.24) is 54.8 Å². The van der Waals surface area contributed by atoms with Crippen LogP contribution in [0.15, 0.2) is 31.0 Å². The van der Waals surface area contributed by atoms with Crippen molar-refractivity contribution < 1.29 is 49.2 Å². The average molecular weight is 1680 g/mol. The summed E-state index contributed by atoms with van der Waals surface area (Å²) in [7, 11) is 0. The van der Waals surface area contributed by atoms with E-state index in [1.54, 1.807) is 43.6 Å². The quantitative estimate of drug-likeness (QED) is 0.0852. The number of hydrogen-bond donors (Lipinski definition) is 4. The van der Waals surface area contributed by atoms with Crippen molar-refractivity contribution in [1.29, 1.82) is 5.26 Å². The van der Waals surface area contributed by atoms with E-state index < -0.39 is 22.4 Å². The number of aliphatic hydroxyl groups is 4. The molecule has 22 heteroatoms. The number of aryl methyl sites for hydroxylation is 1. The number of rotatable bonds is 14.